The molecule has 0 fully saturated rings. The Morgan fingerprint density at radius 1 is 1.22 bits per heavy atom. The number of alkyl halides is 3. The molecule has 0 heterocycles. The van der Waals surface area contributed by atoms with Gasteiger partial charge in [-0.2, -0.15) is 0 Å². The molecule has 0 radical (unpaired) electrons. The van der Waals surface area contributed by atoms with Gasteiger partial charge in [-0.3, -0.25) is 0 Å². The number of aliphatic hydroxyl groups is 1. The van der Waals surface area contributed by atoms with Gasteiger partial charge in [0.2, 0.25) is 10.0 Å². The molecule has 23 heavy (non-hydrogen) atoms. The van der Waals surface area contributed by atoms with Gasteiger partial charge >= 0.3 is 6.36 Å². The standard InChI is InChI=1S/C14H20F3NO4S/c1-10(2)9-11(7-8-19)18-23(20,21)13-5-3-12(4-6-13)22-14(15,16)17/h3-6,10-11,18-19H,7-9H2,1-2H3. The molecule has 0 amide bonds. The van der Waals surface area contributed by atoms with Crippen LogP contribution in [0.4, 0.5) is 13.2 Å². The minimum atomic E-state index is -4.83. The summed E-state index contributed by atoms with van der Waals surface area (Å²) in [5, 5.41) is 9.00. The molecular formula is C14H20F3NO4S. The first-order valence-electron chi connectivity index (χ1n) is 7.02. The first-order chi connectivity index (χ1) is 10.5. The van der Waals surface area contributed by atoms with Crippen LogP contribution in [0.3, 0.4) is 0 Å². The number of aliphatic hydroxyl groups excluding tert-OH is 1. The molecule has 1 atom stereocenters. The lowest BCUT2D eigenvalue weighted by molar-refractivity contribution is -0.274. The molecular weight excluding hydrogens is 335 g/mol. The van der Waals surface area contributed by atoms with E-state index in [1.807, 2.05) is 13.8 Å². The Hall–Kier alpha value is -1.32. The fourth-order valence-electron chi connectivity index (χ4n) is 2.06. The highest BCUT2D eigenvalue weighted by atomic mass is 32.2. The molecule has 0 aromatic heterocycles. The predicted octanol–water partition coefficient (Wildman–Crippen LogP) is 2.66. The van der Waals surface area contributed by atoms with Crippen molar-refractivity contribution >= 4 is 10.0 Å². The minimum absolute atomic E-state index is 0.168. The van der Waals surface area contributed by atoms with Crippen LogP contribution in [-0.2, 0) is 10.0 Å². The van der Waals surface area contributed by atoms with Gasteiger partial charge in [-0.05, 0) is 43.0 Å². The van der Waals surface area contributed by atoms with Crippen LogP contribution >= 0.6 is 0 Å². The van der Waals surface area contributed by atoms with E-state index in [-0.39, 0.29) is 23.8 Å². The van der Waals surface area contributed by atoms with Crippen molar-refractivity contribution in [2.45, 2.75) is 44.0 Å². The number of hydrogen-bond acceptors (Lipinski definition) is 4. The molecule has 132 valence electrons. The van der Waals surface area contributed by atoms with Crippen molar-refractivity contribution in [3.05, 3.63) is 24.3 Å². The van der Waals surface area contributed by atoms with Crippen LogP contribution in [-0.4, -0.2) is 32.5 Å². The fourth-order valence-corrected chi connectivity index (χ4v) is 3.34. The third-order valence-corrected chi connectivity index (χ3v) is 4.46. The second-order valence-electron chi connectivity index (χ2n) is 5.48. The molecule has 1 aromatic rings. The van der Waals surface area contributed by atoms with Gasteiger partial charge in [0.25, 0.3) is 0 Å². The smallest absolute Gasteiger partial charge is 0.406 e. The first kappa shape index (κ1) is 19.7. The van der Waals surface area contributed by atoms with E-state index in [0.29, 0.717) is 6.42 Å². The summed E-state index contributed by atoms with van der Waals surface area (Å²) in [6.07, 6.45) is -4.04. The first-order valence-corrected chi connectivity index (χ1v) is 8.51. The SMILES string of the molecule is CC(C)CC(CCO)NS(=O)(=O)c1ccc(OC(F)(F)F)cc1. The zero-order chi connectivity index (χ0) is 17.7. The van der Waals surface area contributed by atoms with E-state index >= 15 is 0 Å². The second kappa shape index (κ2) is 7.98. The van der Waals surface area contributed by atoms with E-state index in [4.69, 9.17) is 5.11 Å². The fraction of sp³-hybridized carbons (Fsp3) is 0.571. The minimum Gasteiger partial charge on any atom is -0.406 e. The van der Waals surface area contributed by atoms with Crippen LogP contribution in [0, 0.1) is 5.92 Å². The Balaban J connectivity index is 2.86. The Labute approximate surface area is 133 Å². The maximum atomic E-state index is 12.2. The van der Waals surface area contributed by atoms with Crippen molar-refractivity contribution in [2.24, 2.45) is 5.92 Å². The molecule has 1 rings (SSSR count). The zero-order valence-corrected chi connectivity index (χ0v) is 13.6. The Morgan fingerprint density at radius 3 is 2.22 bits per heavy atom. The van der Waals surface area contributed by atoms with Gasteiger partial charge in [-0.25, -0.2) is 13.1 Å². The average Bonchev–Trinajstić information content (AvgIpc) is 2.36. The van der Waals surface area contributed by atoms with Gasteiger partial charge in [0.15, 0.2) is 0 Å². The monoisotopic (exact) mass is 355 g/mol. The lowest BCUT2D eigenvalue weighted by Gasteiger charge is -2.19. The molecule has 0 saturated heterocycles. The van der Waals surface area contributed by atoms with E-state index in [0.717, 1.165) is 24.3 Å². The summed E-state index contributed by atoms with van der Waals surface area (Å²) in [4.78, 5) is -0.168. The largest absolute Gasteiger partial charge is 0.573 e. The van der Waals surface area contributed by atoms with Crippen molar-refractivity contribution in [2.75, 3.05) is 6.61 Å². The third kappa shape index (κ3) is 7.19. The van der Waals surface area contributed by atoms with Crippen molar-refractivity contribution in [3.63, 3.8) is 0 Å². The maximum Gasteiger partial charge on any atom is 0.573 e. The van der Waals surface area contributed by atoms with Crippen molar-refractivity contribution in [1.29, 1.82) is 0 Å². The van der Waals surface area contributed by atoms with Crippen LogP contribution in [0.15, 0.2) is 29.2 Å². The van der Waals surface area contributed by atoms with E-state index in [9.17, 15) is 21.6 Å². The summed E-state index contributed by atoms with van der Waals surface area (Å²) in [5.74, 6) is -0.276. The average molecular weight is 355 g/mol. The number of hydrogen-bond donors (Lipinski definition) is 2. The number of benzene rings is 1. The zero-order valence-electron chi connectivity index (χ0n) is 12.8. The van der Waals surface area contributed by atoms with Crippen LogP contribution in [0.1, 0.15) is 26.7 Å². The molecule has 0 saturated carbocycles. The Kier molecular flexibility index (Phi) is 6.84. The summed E-state index contributed by atoms with van der Waals surface area (Å²) in [6.45, 7) is 3.67. The molecule has 1 unspecified atom stereocenters. The molecule has 5 nitrogen and oxygen atoms in total. The number of halogens is 3. The summed E-state index contributed by atoms with van der Waals surface area (Å²) in [7, 11) is -3.89. The second-order valence-corrected chi connectivity index (χ2v) is 7.19. The van der Waals surface area contributed by atoms with Crippen LogP contribution in [0.5, 0.6) is 5.75 Å². The van der Waals surface area contributed by atoms with E-state index in [1.54, 1.807) is 0 Å². The molecule has 1 aromatic carbocycles. The van der Waals surface area contributed by atoms with Gasteiger partial charge in [0, 0.05) is 12.6 Å². The highest BCUT2D eigenvalue weighted by molar-refractivity contribution is 7.89. The lowest BCUT2D eigenvalue weighted by Crippen LogP contribution is -2.36. The molecule has 0 aliphatic carbocycles. The summed E-state index contributed by atoms with van der Waals surface area (Å²) >= 11 is 0. The number of nitrogens with one attached hydrogen (secondary N) is 1. The van der Waals surface area contributed by atoms with Crippen LogP contribution in [0.2, 0.25) is 0 Å². The maximum absolute atomic E-state index is 12.2. The van der Waals surface area contributed by atoms with E-state index < -0.39 is 28.2 Å². The van der Waals surface area contributed by atoms with Gasteiger partial charge < -0.3 is 9.84 Å². The molecule has 0 aliphatic rings. The van der Waals surface area contributed by atoms with Crippen molar-refractivity contribution in [3.8, 4) is 5.75 Å². The molecule has 0 aliphatic heterocycles. The quantitative estimate of drug-likeness (QED) is 0.752. The van der Waals surface area contributed by atoms with Gasteiger partial charge in [0.1, 0.15) is 5.75 Å². The highest BCUT2D eigenvalue weighted by Gasteiger charge is 2.31. The number of rotatable bonds is 8. The number of ether oxygens (including phenoxy) is 1. The molecule has 2 N–H and O–H groups in total. The summed E-state index contributed by atoms with van der Waals surface area (Å²) < 4.78 is 66.9. The molecule has 9 heteroatoms. The van der Waals surface area contributed by atoms with Crippen molar-refractivity contribution in [1.82, 2.24) is 4.72 Å². The highest BCUT2D eigenvalue weighted by Crippen LogP contribution is 2.24. The topological polar surface area (TPSA) is 75.6 Å². The van der Waals surface area contributed by atoms with Crippen LogP contribution < -0.4 is 9.46 Å². The normalized spacial score (nSPS) is 14.0. The van der Waals surface area contributed by atoms with Gasteiger partial charge in [0.05, 0.1) is 4.90 Å². The molecule has 0 spiro atoms. The Morgan fingerprint density at radius 2 is 1.78 bits per heavy atom. The van der Waals surface area contributed by atoms with Gasteiger partial charge in [-0.15, -0.1) is 13.2 Å². The molecule has 0 bridgehead atoms. The van der Waals surface area contributed by atoms with Gasteiger partial charge in [-0.1, -0.05) is 13.8 Å². The summed E-state index contributed by atoms with van der Waals surface area (Å²) in [6, 6.07) is 3.50. The van der Waals surface area contributed by atoms with E-state index in [1.165, 1.54) is 0 Å². The summed E-state index contributed by atoms with van der Waals surface area (Å²) in [5.41, 5.74) is 0. The Bertz CT molecular complexity index is 585. The number of sulfonamides is 1. The van der Waals surface area contributed by atoms with Crippen LogP contribution in [0.25, 0.3) is 0 Å². The van der Waals surface area contributed by atoms with E-state index in [2.05, 4.69) is 9.46 Å². The lowest BCUT2D eigenvalue weighted by atomic mass is 10.0. The predicted molar refractivity (Wildman–Crippen MR) is 78.4 cm³/mol. The third-order valence-electron chi connectivity index (χ3n) is 2.92. The van der Waals surface area contributed by atoms with Crippen molar-refractivity contribution < 1.29 is 31.4 Å².